The van der Waals surface area contributed by atoms with Crippen molar-refractivity contribution >= 4 is 23.5 Å². The van der Waals surface area contributed by atoms with Gasteiger partial charge in [-0.3, -0.25) is 24.7 Å². The van der Waals surface area contributed by atoms with Gasteiger partial charge < -0.3 is 14.4 Å². The molecule has 4 aliphatic heterocycles. The molecule has 0 radical (unpaired) electrons. The average Bonchev–Trinajstić information content (AvgIpc) is 3.29. The molecule has 2 aromatic carbocycles. The van der Waals surface area contributed by atoms with Crippen LogP contribution in [0.15, 0.2) is 42.5 Å². The quantitative estimate of drug-likeness (QED) is 0.647. The molecule has 0 aromatic heterocycles. The standard InChI is InChI=1S/C27H30N4O5/c1-26(2,3)31-24(33)27(23(32)28-25(31)34)13-18-6-4-5-7-19(18)30-11-10-29(15-22(27)30)14-17-8-9-20-21(12-17)36-16-35-20/h4-9,12,22H,10-11,13-16H2,1-3H3,(H,28,32,34)/t22-,27-/m0/s1. The van der Waals surface area contributed by atoms with Crippen LogP contribution in [0, 0.1) is 5.41 Å². The molecule has 9 heteroatoms. The van der Waals surface area contributed by atoms with Gasteiger partial charge in [-0.2, -0.15) is 0 Å². The number of hydrogen-bond donors (Lipinski definition) is 1. The van der Waals surface area contributed by atoms with E-state index in [2.05, 4.69) is 21.2 Å². The Labute approximate surface area is 209 Å². The molecule has 6 rings (SSSR count). The zero-order chi connectivity index (χ0) is 25.2. The van der Waals surface area contributed by atoms with Crippen molar-refractivity contribution in [2.24, 2.45) is 5.41 Å². The van der Waals surface area contributed by atoms with E-state index < -0.39 is 34.8 Å². The van der Waals surface area contributed by atoms with Crippen molar-refractivity contribution in [3.05, 3.63) is 53.6 Å². The van der Waals surface area contributed by atoms with Crippen LogP contribution in [0.3, 0.4) is 0 Å². The molecule has 1 spiro atoms. The van der Waals surface area contributed by atoms with Crippen LogP contribution in [0.25, 0.3) is 0 Å². The van der Waals surface area contributed by atoms with Crippen LogP contribution in [0.2, 0.25) is 0 Å². The van der Waals surface area contributed by atoms with Gasteiger partial charge in [-0.25, -0.2) is 4.79 Å². The van der Waals surface area contributed by atoms with Crippen molar-refractivity contribution in [1.82, 2.24) is 15.1 Å². The molecule has 4 amide bonds. The molecule has 188 valence electrons. The molecule has 0 unspecified atom stereocenters. The summed E-state index contributed by atoms with van der Waals surface area (Å²) in [7, 11) is 0. The second-order valence-corrected chi connectivity index (χ2v) is 11.0. The number of urea groups is 1. The highest BCUT2D eigenvalue weighted by Crippen LogP contribution is 2.46. The monoisotopic (exact) mass is 490 g/mol. The molecule has 36 heavy (non-hydrogen) atoms. The summed E-state index contributed by atoms with van der Waals surface area (Å²) in [4.78, 5) is 46.4. The molecule has 2 fully saturated rings. The zero-order valence-corrected chi connectivity index (χ0v) is 20.7. The highest BCUT2D eigenvalue weighted by atomic mass is 16.7. The Kier molecular flexibility index (Phi) is 5.05. The molecule has 0 bridgehead atoms. The fraction of sp³-hybridized carbons (Fsp3) is 0.444. The van der Waals surface area contributed by atoms with Crippen molar-refractivity contribution in [2.75, 3.05) is 31.3 Å². The number of imide groups is 2. The number of amides is 4. The second-order valence-electron chi connectivity index (χ2n) is 11.0. The minimum Gasteiger partial charge on any atom is -0.454 e. The first-order valence-corrected chi connectivity index (χ1v) is 12.3. The lowest BCUT2D eigenvalue weighted by Crippen LogP contribution is -2.76. The summed E-state index contributed by atoms with van der Waals surface area (Å²) in [5.74, 6) is 0.545. The number of fused-ring (bicyclic) bond motifs is 5. The summed E-state index contributed by atoms with van der Waals surface area (Å²) in [5.41, 5.74) is 0.907. The van der Waals surface area contributed by atoms with Crippen LogP contribution >= 0.6 is 0 Å². The lowest BCUT2D eigenvalue weighted by molar-refractivity contribution is -0.157. The van der Waals surface area contributed by atoms with E-state index in [0.29, 0.717) is 19.6 Å². The smallest absolute Gasteiger partial charge is 0.331 e. The van der Waals surface area contributed by atoms with Gasteiger partial charge >= 0.3 is 6.03 Å². The number of carbonyl (C=O) groups excluding carboxylic acids is 3. The number of piperazine rings is 1. The Bertz CT molecular complexity index is 1270. The Morgan fingerprint density at radius 2 is 1.81 bits per heavy atom. The Balaban J connectivity index is 1.38. The van der Waals surface area contributed by atoms with E-state index >= 15 is 0 Å². The van der Waals surface area contributed by atoms with Crippen molar-refractivity contribution in [3.63, 3.8) is 0 Å². The minimum absolute atomic E-state index is 0.224. The van der Waals surface area contributed by atoms with Gasteiger partial charge in [0, 0.05) is 37.4 Å². The summed E-state index contributed by atoms with van der Waals surface area (Å²) in [6.45, 7) is 8.26. The number of carbonyl (C=O) groups is 3. The highest BCUT2D eigenvalue weighted by molar-refractivity contribution is 6.20. The third-order valence-electron chi connectivity index (χ3n) is 7.73. The minimum atomic E-state index is -1.40. The van der Waals surface area contributed by atoms with Crippen LogP contribution in [0.1, 0.15) is 31.9 Å². The first-order chi connectivity index (χ1) is 17.2. The second kappa shape index (κ2) is 7.96. The first-order valence-electron chi connectivity index (χ1n) is 12.3. The molecule has 0 aliphatic carbocycles. The van der Waals surface area contributed by atoms with E-state index in [9.17, 15) is 14.4 Å². The Hall–Kier alpha value is -3.59. The number of hydrogen-bond acceptors (Lipinski definition) is 7. The number of rotatable bonds is 2. The van der Waals surface area contributed by atoms with Gasteiger partial charge in [0.15, 0.2) is 16.9 Å². The first kappa shape index (κ1) is 22.8. The van der Waals surface area contributed by atoms with Gasteiger partial charge in [-0.15, -0.1) is 0 Å². The van der Waals surface area contributed by atoms with Crippen LogP contribution < -0.4 is 19.7 Å². The number of barbiturate groups is 1. The van der Waals surface area contributed by atoms with Crippen LogP contribution in [0.5, 0.6) is 11.5 Å². The van der Waals surface area contributed by atoms with E-state index in [1.54, 1.807) is 0 Å². The highest BCUT2D eigenvalue weighted by Gasteiger charge is 2.64. The van der Waals surface area contributed by atoms with Gasteiger partial charge in [-0.05, 0) is 56.5 Å². The van der Waals surface area contributed by atoms with Gasteiger partial charge in [-0.1, -0.05) is 24.3 Å². The van der Waals surface area contributed by atoms with Gasteiger partial charge in [0.1, 0.15) is 0 Å². The Morgan fingerprint density at radius 3 is 2.61 bits per heavy atom. The van der Waals surface area contributed by atoms with E-state index in [0.717, 1.165) is 34.9 Å². The largest absolute Gasteiger partial charge is 0.454 e. The summed E-state index contributed by atoms with van der Waals surface area (Å²) in [6, 6.07) is 12.8. The van der Waals surface area contributed by atoms with E-state index in [1.807, 2.05) is 57.2 Å². The molecule has 1 N–H and O–H groups in total. The molecule has 9 nitrogen and oxygen atoms in total. The zero-order valence-electron chi connectivity index (χ0n) is 20.7. The predicted octanol–water partition coefficient (Wildman–Crippen LogP) is 2.53. The van der Waals surface area contributed by atoms with Crippen molar-refractivity contribution in [1.29, 1.82) is 0 Å². The average molecular weight is 491 g/mol. The number of nitrogens with zero attached hydrogens (tertiary/aromatic N) is 3. The Morgan fingerprint density at radius 1 is 1.03 bits per heavy atom. The maximum Gasteiger partial charge on any atom is 0.331 e. The lowest BCUT2D eigenvalue weighted by atomic mass is 9.67. The molecule has 4 aliphatic rings. The summed E-state index contributed by atoms with van der Waals surface area (Å²) >= 11 is 0. The maximum absolute atomic E-state index is 14.2. The molecular weight excluding hydrogens is 460 g/mol. The van der Waals surface area contributed by atoms with Crippen LogP contribution in [0.4, 0.5) is 10.5 Å². The SMILES string of the molecule is CC(C)(C)N1C(=O)NC(=O)[C@@]2(Cc3ccccc3N3CCN(Cc4ccc5c(c4)OCO5)C[C@H]32)C1=O. The number of ether oxygens (including phenoxy) is 2. The predicted molar refractivity (Wildman–Crippen MR) is 132 cm³/mol. The summed E-state index contributed by atoms with van der Waals surface area (Å²) in [5, 5.41) is 2.54. The van der Waals surface area contributed by atoms with Crippen molar-refractivity contribution in [2.45, 2.75) is 45.3 Å². The van der Waals surface area contributed by atoms with Gasteiger partial charge in [0.2, 0.25) is 18.6 Å². The molecule has 0 saturated carbocycles. The third kappa shape index (κ3) is 3.37. The number of para-hydroxylation sites is 1. The number of benzene rings is 2. The maximum atomic E-state index is 14.2. The van der Waals surface area contributed by atoms with E-state index in [-0.39, 0.29) is 13.2 Å². The normalized spacial score (nSPS) is 25.6. The van der Waals surface area contributed by atoms with E-state index in [4.69, 9.17) is 9.47 Å². The lowest BCUT2D eigenvalue weighted by Gasteiger charge is -2.56. The molecule has 2 aromatic rings. The molecule has 4 heterocycles. The van der Waals surface area contributed by atoms with Gasteiger partial charge in [0.05, 0.1) is 6.04 Å². The number of anilines is 1. The van der Waals surface area contributed by atoms with Crippen molar-refractivity contribution in [3.8, 4) is 11.5 Å². The number of nitrogens with one attached hydrogen (secondary N) is 1. The fourth-order valence-electron chi connectivity index (χ4n) is 6.06. The molecular formula is C27H30N4O5. The topological polar surface area (TPSA) is 91.4 Å². The van der Waals surface area contributed by atoms with Crippen molar-refractivity contribution < 1.29 is 23.9 Å². The van der Waals surface area contributed by atoms with E-state index in [1.165, 1.54) is 4.90 Å². The molecule has 2 saturated heterocycles. The van der Waals surface area contributed by atoms with Gasteiger partial charge in [0.25, 0.3) is 0 Å². The summed E-state index contributed by atoms with van der Waals surface area (Å²) in [6.07, 6.45) is 0.257. The van der Waals surface area contributed by atoms with Crippen LogP contribution in [-0.2, 0) is 22.6 Å². The fourth-order valence-corrected chi connectivity index (χ4v) is 6.06. The molecule has 2 atom stereocenters. The summed E-state index contributed by atoms with van der Waals surface area (Å²) < 4.78 is 11.0. The third-order valence-corrected chi connectivity index (χ3v) is 7.73. The van der Waals surface area contributed by atoms with Crippen LogP contribution in [-0.4, -0.2) is 65.7 Å².